The van der Waals surface area contributed by atoms with Gasteiger partial charge in [0.1, 0.15) is 5.78 Å². The topological polar surface area (TPSA) is 29.1 Å². The quantitative estimate of drug-likeness (QED) is 0.726. The largest absolute Gasteiger partial charge is 0.311 e. The molecule has 1 N–H and O–H groups in total. The summed E-state index contributed by atoms with van der Waals surface area (Å²) in [5.41, 5.74) is 0. The maximum Gasteiger partial charge on any atom is 0.133 e. The fraction of sp³-hybridized carbons (Fsp3) is 0.909. The van der Waals surface area contributed by atoms with E-state index < -0.39 is 0 Å². The van der Waals surface area contributed by atoms with Crippen molar-refractivity contribution in [1.29, 1.82) is 0 Å². The van der Waals surface area contributed by atoms with Crippen LogP contribution in [0.1, 0.15) is 46.5 Å². The van der Waals surface area contributed by atoms with Gasteiger partial charge in [0.15, 0.2) is 0 Å². The number of rotatable bonds is 3. The predicted octanol–water partition coefficient (Wildman–Crippen LogP) is 2.13. The first kappa shape index (κ1) is 10.7. The summed E-state index contributed by atoms with van der Waals surface area (Å²) in [5, 5.41) is 3.59. The number of carbonyl (C=O) groups excluding carboxylic acids is 1. The first-order valence-corrected chi connectivity index (χ1v) is 5.37. The van der Waals surface area contributed by atoms with E-state index in [1.807, 2.05) is 0 Å². The Labute approximate surface area is 81.1 Å². The summed E-state index contributed by atoms with van der Waals surface area (Å²) in [7, 11) is 0. The van der Waals surface area contributed by atoms with Gasteiger partial charge in [-0.05, 0) is 25.7 Å². The Morgan fingerprint density at radius 3 is 2.23 bits per heavy atom. The van der Waals surface area contributed by atoms with Crippen LogP contribution in [-0.4, -0.2) is 17.9 Å². The van der Waals surface area contributed by atoms with E-state index in [1.165, 1.54) is 0 Å². The first-order chi connectivity index (χ1) is 6.09. The zero-order valence-electron chi connectivity index (χ0n) is 8.97. The van der Waals surface area contributed by atoms with Crippen molar-refractivity contribution in [3.8, 4) is 0 Å². The van der Waals surface area contributed by atoms with Gasteiger partial charge in [-0.2, -0.15) is 0 Å². The van der Waals surface area contributed by atoms with Crippen LogP contribution in [0, 0.1) is 5.92 Å². The maximum absolute atomic E-state index is 11.0. The average molecular weight is 183 g/mol. The molecule has 1 rings (SSSR count). The standard InChI is InChI=1S/C11H21NO/c1-8(2)9(3)12-10-4-6-11(13)7-5-10/h8-10,12H,4-7H2,1-3H3. The van der Waals surface area contributed by atoms with E-state index >= 15 is 0 Å². The molecule has 1 atom stereocenters. The van der Waals surface area contributed by atoms with Gasteiger partial charge in [0, 0.05) is 24.9 Å². The average Bonchev–Trinajstić information content (AvgIpc) is 2.08. The van der Waals surface area contributed by atoms with Crippen LogP contribution < -0.4 is 5.32 Å². The van der Waals surface area contributed by atoms with E-state index in [-0.39, 0.29) is 0 Å². The molecule has 0 spiro atoms. The van der Waals surface area contributed by atoms with Crippen LogP contribution in [0.3, 0.4) is 0 Å². The third-order valence-electron chi connectivity index (χ3n) is 3.04. The van der Waals surface area contributed by atoms with E-state index in [4.69, 9.17) is 0 Å². The van der Waals surface area contributed by atoms with E-state index in [9.17, 15) is 4.79 Å². The van der Waals surface area contributed by atoms with Crippen molar-refractivity contribution in [2.24, 2.45) is 5.92 Å². The molecule has 0 aromatic rings. The van der Waals surface area contributed by atoms with E-state index in [0.717, 1.165) is 25.7 Å². The van der Waals surface area contributed by atoms with Gasteiger partial charge in [0.05, 0.1) is 0 Å². The van der Waals surface area contributed by atoms with Gasteiger partial charge in [0.2, 0.25) is 0 Å². The highest BCUT2D eigenvalue weighted by Gasteiger charge is 2.20. The lowest BCUT2D eigenvalue weighted by Gasteiger charge is -2.27. The van der Waals surface area contributed by atoms with Crippen LogP contribution in [0.25, 0.3) is 0 Å². The Bertz CT molecular complexity index is 167. The molecule has 0 aromatic heterocycles. The molecule has 0 radical (unpaired) electrons. The number of ketones is 1. The fourth-order valence-electron chi connectivity index (χ4n) is 1.67. The second-order valence-electron chi connectivity index (χ2n) is 4.51. The minimum Gasteiger partial charge on any atom is -0.311 e. The van der Waals surface area contributed by atoms with Gasteiger partial charge >= 0.3 is 0 Å². The third-order valence-corrected chi connectivity index (χ3v) is 3.04. The molecule has 0 amide bonds. The summed E-state index contributed by atoms with van der Waals surface area (Å²) in [6.45, 7) is 6.68. The molecule has 0 saturated heterocycles. The maximum atomic E-state index is 11.0. The van der Waals surface area contributed by atoms with E-state index in [1.54, 1.807) is 0 Å². The smallest absolute Gasteiger partial charge is 0.133 e. The molecule has 13 heavy (non-hydrogen) atoms. The predicted molar refractivity (Wildman–Crippen MR) is 54.7 cm³/mol. The van der Waals surface area contributed by atoms with Crippen LogP contribution in [0.2, 0.25) is 0 Å². The lowest BCUT2D eigenvalue weighted by atomic mass is 9.93. The van der Waals surface area contributed by atoms with Crippen LogP contribution in [0.5, 0.6) is 0 Å². The summed E-state index contributed by atoms with van der Waals surface area (Å²) in [6, 6.07) is 1.15. The number of hydrogen-bond acceptors (Lipinski definition) is 2. The van der Waals surface area contributed by atoms with Crippen molar-refractivity contribution >= 4 is 5.78 Å². The van der Waals surface area contributed by atoms with Crippen molar-refractivity contribution in [2.45, 2.75) is 58.5 Å². The summed E-state index contributed by atoms with van der Waals surface area (Å²) < 4.78 is 0. The van der Waals surface area contributed by atoms with E-state index in [2.05, 4.69) is 26.1 Å². The zero-order chi connectivity index (χ0) is 9.84. The van der Waals surface area contributed by atoms with Crippen LogP contribution in [0.4, 0.5) is 0 Å². The Morgan fingerprint density at radius 1 is 1.23 bits per heavy atom. The van der Waals surface area contributed by atoms with Crippen LogP contribution >= 0.6 is 0 Å². The lowest BCUT2D eigenvalue weighted by Crippen LogP contribution is -2.41. The number of carbonyl (C=O) groups is 1. The Balaban J connectivity index is 2.26. The molecule has 2 heteroatoms. The molecular weight excluding hydrogens is 162 g/mol. The van der Waals surface area contributed by atoms with Gasteiger partial charge in [-0.15, -0.1) is 0 Å². The fourth-order valence-corrected chi connectivity index (χ4v) is 1.67. The first-order valence-electron chi connectivity index (χ1n) is 5.37. The molecule has 76 valence electrons. The summed E-state index contributed by atoms with van der Waals surface area (Å²) >= 11 is 0. The van der Waals surface area contributed by atoms with E-state index in [0.29, 0.717) is 23.8 Å². The van der Waals surface area contributed by atoms with Gasteiger partial charge in [-0.3, -0.25) is 4.79 Å². The molecule has 0 aromatic carbocycles. The summed E-state index contributed by atoms with van der Waals surface area (Å²) in [5.74, 6) is 1.12. The second kappa shape index (κ2) is 4.75. The monoisotopic (exact) mass is 183 g/mol. The Hall–Kier alpha value is -0.370. The van der Waals surface area contributed by atoms with Crippen molar-refractivity contribution < 1.29 is 4.79 Å². The molecule has 0 aliphatic heterocycles. The third kappa shape index (κ3) is 3.47. The van der Waals surface area contributed by atoms with Gasteiger partial charge < -0.3 is 5.32 Å². The van der Waals surface area contributed by atoms with Gasteiger partial charge in [-0.1, -0.05) is 13.8 Å². The molecule has 1 saturated carbocycles. The molecular formula is C11H21NO. The second-order valence-corrected chi connectivity index (χ2v) is 4.51. The highest BCUT2D eigenvalue weighted by atomic mass is 16.1. The molecule has 1 aliphatic carbocycles. The number of hydrogen-bond donors (Lipinski definition) is 1. The molecule has 1 aliphatic rings. The van der Waals surface area contributed by atoms with Crippen LogP contribution in [0.15, 0.2) is 0 Å². The minimum atomic E-state index is 0.440. The zero-order valence-corrected chi connectivity index (χ0v) is 8.97. The summed E-state index contributed by atoms with van der Waals surface area (Å²) in [6.07, 6.45) is 3.64. The highest BCUT2D eigenvalue weighted by Crippen LogP contribution is 2.16. The molecule has 0 bridgehead atoms. The van der Waals surface area contributed by atoms with Gasteiger partial charge in [0.25, 0.3) is 0 Å². The normalized spacial score (nSPS) is 22.3. The van der Waals surface area contributed by atoms with Crippen LogP contribution in [-0.2, 0) is 4.79 Å². The minimum absolute atomic E-state index is 0.440. The SMILES string of the molecule is CC(C)C(C)NC1CCC(=O)CC1. The Kier molecular flexibility index (Phi) is 3.91. The van der Waals surface area contributed by atoms with Crippen molar-refractivity contribution in [1.82, 2.24) is 5.32 Å². The summed E-state index contributed by atoms with van der Waals surface area (Å²) in [4.78, 5) is 11.0. The molecule has 2 nitrogen and oxygen atoms in total. The Morgan fingerprint density at radius 2 is 1.77 bits per heavy atom. The number of Topliss-reactive ketones (excluding diaryl/α,β-unsaturated/α-hetero) is 1. The molecule has 1 fully saturated rings. The van der Waals surface area contributed by atoms with Crippen molar-refractivity contribution in [3.05, 3.63) is 0 Å². The highest BCUT2D eigenvalue weighted by molar-refractivity contribution is 5.79. The van der Waals surface area contributed by atoms with Gasteiger partial charge in [-0.25, -0.2) is 0 Å². The van der Waals surface area contributed by atoms with Crippen molar-refractivity contribution in [3.63, 3.8) is 0 Å². The van der Waals surface area contributed by atoms with Crippen molar-refractivity contribution in [2.75, 3.05) is 0 Å². The lowest BCUT2D eigenvalue weighted by molar-refractivity contribution is -0.120. The molecule has 0 heterocycles. The molecule has 1 unspecified atom stereocenters. The number of nitrogens with one attached hydrogen (secondary N) is 1.